The molecule has 0 radical (unpaired) electrons. The third kappa shape index (κ3) is 4.20. The third-order valence-corrected chi connectivity index (χ3v) is 3.01. The Balaban J connectivity index is 0.00000289. The van der Waals surface area contributed by atoms with Gasteiger partial charge in [0.05, 0.1) is 0 Å². The lowest BCUT2D eigenvalue weighted by molar-refractivity contribution is 0.813. The van der Waals surface area contributed by atoms with Gasteiger partial charge in [-0.25, -0.2) is 0 Å². The van der Waals surface area contributed by atoms with Gasteiger partial charge in [-0.05, 0) is 56.4 Å². The van der Waals surface area contributed by atoms with Crippen LogP contribution in [0.15, 0.2) is 42.5 Å². The molecule has 2 N–H and O–H groups in total. The summed E-state index contributed by atoms with van der Waals surface area (Å²) in [4.78, 5) is 0. The van der Waals surface area contributed by atoms with Crippen LogP contribution in [0.2, 0.25) is 0 Å². The van der Waals surface area contributed by atoms with Crippen molar-refractivity contribution in [1.29, 1.82) is 0 Å². The molecule has 0 bridgehead atoms. The lowest BCUT2D eigenvalue weighted by atomic mass is 9.93. The lowest BCUT2D eigenvalue weighted by Crippen LogP contribution is -1.99. The molecule has 0 aromatic heterocycles. The van der Waals surface area contributed by atoms with E-state index >= 15 is 0 Å². The van der Waals surface area contributed by atoms with Crippen molar-refractivity contribution in [2.75, 3.05) is 6.54 Å². The minimum absolute atomic E-state index is 0. The van der Waals surface area contributed by atoms with Crippen LogP contribution >= 0.6 is 0 Å². The van der Waals surface area contributed by atoms with E-state index in [1.54, 1.807) is 0 Å². The maximum absolute atomic E-state index is 5.52. The molecule has 1 aromatic carbocycles. The molecule has 1 nitrogen and oxygen atoms in total. The summed E-state index contributed by atoms with van der Waals surface area (Å²) >= 11 is 0. The topological polar surface area (TPSA) is 26.0 Å². The van der Waals surface area contributed by atoms with Crippen LogP contribution in [-0.2, 0) is 0 Å². The Bertz CT molecular complexity index is 407. The van der Waals surface area contributed by atoms with Gasteiger partial charge in [-0.15, -0.1) is 0 Å². The second kappa shape index (κ2) is 7.08. The smallest absolute Gasteiger partial charge is 0 e. The van der Waals surface area contributed by atoms with Crippen molar-refractivity contribution >= 4 is 5.57 Å². The summed E-state index contributed by atoms with van der Waals surface area (Å²) in [6.45, 7) is 9.13. The van der Waals surface area contributed by atoms with Crippen molar-refractivity contribution < 1.29 is 1.43 Å². The molecule has 1 rings (SSSR count). The average Bonchev–Trinajstić information content (AvgIpc) is 2.34. The Hall–Kier alpha value is -1.34. The fourth-order valence-electron chi connectivity index (χ4n) is 2.00. The van der Waals surface area contributed by atoms with Crippen LogP contribution in [0, 0.1) is 6.92 Å². The predicted octanol–water partition coefficient (Wildman–Crippen LogP) is 4.33. The van der Waals surface area contributed by atoms with Gasteiger partial charge >= 0.3 is 0 Å². The summed E-state index contributed by atoms with van der Waals surface area (Å²) in [6, 6.07) is 8.51. The van der Waals surface area contributed by atoms with E-state index in [0.29, 0.717) is 0 Å². The molecule has 0 saturated heterocycles. The van der Waals surface area contributed by atoms with Crippen molar-refractivity contribution in [3.05, 3.63) is 53.6 Å². The predicted molar refractivity (Wildman–Crippen MR) is 79.0 cm³/mol. The van der Waals surface area contributed by atoms with Crippen molar-refractivity contribution in [2.45, 2.75) is 33.1 Å². The standard InChI is InChI=1S/C16H23N.H2/c1-4-15(12-13(2)8-7-11-17)16-10-6-5-9-14(16)3;/h4-6,9-10H,2,7-8,11-12,17H2,1,3H3;1H/b15-4-;. The number of hydrogen-bond acceptors (Lipinski definition) is 1. The number of allylic oxidation sites excluding steroid dienone is 3. The maximum atomic E-state index is 5.52. The van der Waals surface area contributed by atoms with E-state index in [-0.39, 0.29) is 1.43 Å². The quantitative estimate of drug-likeness (QED) is 0.725. The van der Waals surface area contributed by atoms with Gasteiger partial charge in [0, 0.05) is 1.43 Å². The van der Waals surface area contributed by atoms with Gasteiger partial charge in [0.1, 0.15) is 0 Å². The first-order chi connectivity index (χ1) is 8.19. The van der Waals surface area contributed by atoms with E-state index in [1.165, 1.54) is 22.3 Å². The molecule has 0 aliphatic carbocycles. The molecule has 17 heavy (non-hydrogen) atoms. The molecule has 0 unspecified atom stereocenters. The summed E-state index contributed by atoms with van der Waals surface area (Å²) in [5.41, 5.74) is 10.8. The summed E-state index contributed by atoms with van der Waals surface area (Å²) < 4.78 is 0. The summed E-state index contributed by atoms with van der Waals surface area (Å²) in [6.07, 6.45) is 5.21. The highest BCUT2D eigenvalue weighted by Crippen LogP contribution is 2.26. The molecular formula is C16H25N. The number of nitrogens with two attached hydrogens (primary N) is 1. The lowest BCUT2D eigenvalue weighted by Gasteiger charge is -2.12. The first-order valence-electron chi connectivity index (χ1n) is 6.27. The minimum atomic E-state index is 0. The molecule has 1 heteroatoms. The van der Waals surface area contributed by atoms with E-state index < -0.39 is 0 Å². The van der Waals surface area contributed by atoms with Crippen molar-refractivity contribution in [2.24, 2.45) is 5.73 Å². The summed E-state index contributed by atoms with van der Waals surface area (Å²) in [5.74, 6) is 0. The van der Waals surface area contributed by atoms with Crippen molar-refractivity contribution in [3.63, 3.8) is 0 Å². The summed E-state index contributed by atoms with van der Waals surface area (Å²) in [7, 11) is 0. The first-order valence-corrected chi connectivity index (χ1v) is 6.27. The van der Waals surface area contributed by atoms with E-state index in [1.807, 2.05) is 0 Å². The van der Waals surface area contributed by atoms with Crippen LogP contribution in [-0.4, -0.2) is 6.54 Å². The van der Waals surface area contributed by atoms with E-state index in [9.17, 15) is 0 Å². The van der Waals surface area contributed by atoms with E-state index in [4.69, 9.17) is 5.73 Å². The van der Waals surface area contributed by atoms with Crippen LogP contribution in [0.1, 0.15) is 38.7 Å². The Morgan fingerprint density at radius 3 is 2.71 bits per heavy atom. The van der Waals surface area contributed by atoms with E-state index in [0.717, 1.165) is 25.8 Å². The zero-order valence-corrected chi connectivity index (χ0v) is 11.0. The molecule has 0 heterocycles. The Morgan fingerprint density at radius 1 is 1.41 bits per heavy atom. The fraction of sp³-hybridized carbons (Fsp3) is 0.375. The maximum Gasteiger partial charge on any atom is 0 e. The van der Waals surface area contributed by atoms with Crippen molar-refractivity contribution in [3.8, 4) is 0 Å². The molecule has 94 valence electrons. The second-order valence-electron chi connectivity index (χ2n) is 4.45. The molecule has 0 atom stereocenters. The van der Waals surface area contributed by atoms with Gasteiger partial charge < -0.3 is 5.73 Å². The molecule has 0 aliphatic heterocycles. The van der Waals surface area contributed by atoms with Crippen LogP contribution in [0.3, 0.4) is 0 Å². The van der Waals surface area contributed by atoms with Crippen LogP contribution in [0.4, 0.5) is 0 Å². The Morgan fingerprint density at radius 2 is 2.12 bits per heavy atom. The monoisotopic (exact) mass is 231 g/mol. The number of rotatable bonds is 6. The molecule has 0 aliphatic rings. The first kappa shape index (κ1) is 13.7. The molecule has 0 fully saturated rings. The largest absolute Gasteiger partial charge is 0.330 e. The zero-order chi connectivity index (χ0) is 12.7. The third-order valence-electron chi connectivity index (χ3n) is 3.01. The molecule has 0 saturated carbocycles. The van der Waals surface area contributed by atoms with Gasteiger partial charge in [-0.2, -0.15) is 0 Å². The van der Waals surface area contributed by atoms with Gasteiger partial charge in [0.25, 0.3) is 0 Å². The van der Waals surface area contributed by atoms with Gasteiger partial charge in [-0.1, -0.05) is 42.5 Å². The van der Waals surface area contributed by atoms with Gasteiger partial charge in [0.15, 0.2) is 0 Å². The molecule has 0 spiro atoms. The van der Waals surface area contributed by atoms with Crippen LogP contribution < -0.4 is 5.73 Å². The minimum Gasteiger partial charge on any atom is -0.330 e. The SMILES string of the molecule is C=C(CCCN)C/C(=C/C)c1ccccc1C.[HH]. The number of aryl methyl sites for hydroxylation is 1. The van der Waals surface area contributed by atoms with Crippen LogP contribution in [0.25, 0.3) is 5.57 Å². The highest BCUT2D eigenvalue weighted by molar-refractivity contribution is 5.69. The highest BCUT2D eigenvalue weighted by Gasteiger charge is 2.05. The second-order valence-corrected chi connectivity index (χ2v) is 4.45. The molecular weight excluding hydrogens is 206 g/mol. The Labute approximate surface area is 107 Å². The average molecular weight is 231 g/mol. The van der Waals surface area contributed by atoms with E-state index in [2.05, 4.69) is 50.8 Å². The van der Waals surface area contributed by atoms with Gasteiger partial charge in [0.2, 0.25) is 0 Å². The Kier molecular flexibility index (Phi) is 5.71. The summed E-state index contributed by atoms with van der Waals surface area (Å²) in [5, 5.41) is 0. The van der Waals surface area contributed by atoms with Gasteiger partial charge in [-0.3, -0.25) is 0 Å². The van der Waals surface area contributed by atoms with Crippen LogP contribution in [0.5, 0.6) is 0 Å². The zero-order valence-electron chi connectivity index (χ0n) is 11.0. The number of benzene rings is 1. The fourth-order valence-corrected chi connectivity index (χ4v) is 2.00. The molecule has 1 aromatic rings. The normalized spacial score (nSPS) is 11.6. The van der Waals surface area contributed by atoms with Crippen molar-refractivity contribution in [1.82, 2.24) is 0 Å². The highest BCUT2D eigenvalue weighted by atomic mass is 14.5. The molecule has 0 amide bonds. The number of hydrogen-bond donors (Lipinski definition) is 1.